The molecule has 1 saturated heterocycles. The number of carbonyl (C=O) groups excluding carboxylic acids is 3. The molecule has 1 aliphatic rings. The van der Waals surface area contributed by atoms with Crippen LogP contribution in [-0.2, 0) is 33.4 Å². The van der Waals surface area contributed by atoms with Crippen LogP contribution in [0.4, 0.5) is 0 Å². The molecule has 0 radical (unpaired) electrons. The first-order valence-electron chi connectivity index (χ1n) is 8.19. The van der Waals surface area contributed by atoms with Crippen LogP contribution in [0.2, 0.25) is 0 Å². The molecule has 1 aliphatic heterocycles. The molecule has 0 aliphatic carbocycles. The van der Waals surface area contributed by atoms with E-state index < -0.39 is 42.2 Å². The Labute approximate surface area is 145 Å². The van der Waals surface area contributed by atoms with Gasteiger partial charge in [-0.2, -0.15) is 0 Å². The van der Waals surface area contributed by atoms with Gasteiger partial charge in [0.05, 0.1) is 12.0 Å². The first-order chi connectivity index (χ1) is 11.9. The number of rotatable bonds is 11. The van der Waals surface area contributed by atoms with Gasteiger partial charge < -0.3 is 34.6 Å². The summed E-state index contributed by atoms with van der Waals surface area (Å²) < 4.78 is 16.1. The predicted molar refractivity (Wildman–Crippen MR) is 84.4 cm³/mol. The van der Waals surface area contributed by atoms with E-state index in [1.807, 2.05) is 0 Å². The number of aliphatic carboxylic acids is 1. The first kappa shape index (κ1) is 21.2. The van der Waals surface area contributed by atoms with Gasteiger partial charge in [0, 0.05) is 25.9 Å². The number of unbranched alkanes of at least 4 members (excludes halogenated alkanes) is 2. The maximum atomic E-state index is 11.3. The lowest BCUT2D eigenvalue weighted by Crippen LogP contribution is -2.58. The van der Waals surface area contributed by atoms with Crippen molar-refractivity contribution in [3.8, 4) is 0 Å². The van der Waals surface area contributed by atoms with E-state index in [0.29, 0.717) is 31.8 Å². The number of carboxylic acid groups (broad SMARTS) is 1. The highest BCUT2D eigenvalue weighted by Crippen LogP contribution is 2.29. The molecule has 1 rings (SSSR count). The number of esters is 1. The molecule has 0 bridgehead atoms. The number of hydrogen-bond donors (Lipinski definition) is 2. The highest BCUT2D eigenvalue weighted by molar-refractivity contribution is 5.68. The van der Waals surface area contributed by atoms with Crippen molar-refractivity contribution in [1.29, 1.82) is 0 Å². The summed E-state index contributed by atoms with van der Waals surface area (Å²) >= 11 is 0. The number of carbonyl (C=O) groups is 4. The third-order valence-electron chi connectivity index (χ3n) is 4.02. The second-order valence-electron chi connectivity index (χ2n) is 5.92. The molecule has 0 aromatic carbocycles. The minimum atomic E-state index is -0.911. The van der Waals surface area contributed by atoms with Gasteiger partial charge in [-0.25, -0.2) is 0 Å². The lowest BCUT2D eigenvalue weighted by Gasteiger charge is -2.41. The highest BCUT2D eigenvalue weighted by atomic mass is 16.7. The van der Waals surface area contributed by atoms with Crippen molar-refractivity contribution in [2.24, 2.45) is 17.6 Å². The van der Waals surface area contributed by atoms with E-state index in [0.717, 1.165) is 0 Å². The fourth-order valence-corrected chi connectivity index (χ4v) is 2.65. The van der Waals surface area contributed by atoms with Crippen LogP contribution in [0.3, 0.4) is 0 Å². The predicted octanol–water partition coefficient (Wildman–Crippen LogP) is -0.106. The standard InChI is InChI=1S/C16H25NO8/c1-10(20)24-9-13-11(7-18)12(8-19)15(17)16(25-13)23-6-4-2-3-5-14(21)22/h7-8,11-13,15-16H,2-6,9,17H2,1H3,(H,21,22)/t11-,12?,13?,15+,16-/m1/s1. The average molecular weight is 359 g/mol. The Bertz CT molecular complexity index is 469. The lowest BCUT2D eigenvalue weighted by molar-refractivity contribution is -0.236. The van der Waals surface area contributed by atoms with Gasteiger partial charge in [-0.15, -0.1) is 0 Å². The molecule has 1 fully saturated rings. The Hall–Kier alpha value is -1.84. The van der Waals surface area contributed by atoms with Gasteiger partial charge >= 0.3 is 11.9 Å². The lowest BCUT2D eigenvalue weighted by atomic mass is 9.82. The van der Waals surface area contributed by atoms with E-state index in [2.05, 4.69) is 0 Å². The minimum absolute atomic E-state index is 0.0954. The molecule has 0 spiro atoms. The van der Waals surface area contributed by atoms with Gasteiger partial charge in [-0.05, 0) is 12.8 Å². The maximum Gasteiger partial charge on any atom is 0.303 e. The summed E-state index contributed by atoms with van der Waals surface area (Å²) in [6.07, 6.45) is 1.36. The van der Waals surface area contributed by atoms with Gasteiger partial charge in [0.15, 0.2) is 6.29 Å². The molecule has 9 nitrogen and oxygen atoms in total. The molecule has 3 N–H and O–H groups in total. The highest BCUT2D eigenvalue weighted by Gasteiger charge is 2.45. The van der Waals surface area contributed by atoms with Crippen molar-refractivity contribution in [2.45, 2.75) is 51.0 Å². The van der Waals surface area contributed by atoms with Crippen molar-refractivity contribution >= 4 is 24.5 Å². The quantitative estimate of drug-likeness (QED) is 0.293. The number of carboxylic acids is 1. The third kappa shape index (κ3) is 6.89. The molecule has 0 aromatic heterocycles. The molecular formula is C16H25NO8. The summed E-state index contributed by atoms with van der Waals surface area (Å²) in [7, 11) is 0. The van der Waals surface area contributed by atoms with Crippen LogP contribution in [0.15, 0.2) is 0 Å². The van der Waals surface area contributed by atoms with E-state index in [1.165, 1.54) is 6.92 Å². The zero-order valence-corrected chi connectivity index (χ0v) is 14.2. The maximum absolute atomic E-state index is 11.3. The Morgan fingerprint density at radius 2 is 1.84 bits per heavy atom. The topological polar surface area (TPSA) is 142 Å². The fraction of sp³-hybridized carbons (Fsp3) is 0.750. The first-order valence-corrected chi connectivity index (χ1v) is 8.19. The van der Waals surface area contributed by atoms with Crippen LogP contribution in [0.1, 0.15) is 32.6 Å². The molecule has 0 saturated carbocycles. The SMILES string of the molecule is CC(=O)OCC1O[C@@H](OCCCCCC(=O)O)[C@@H](N)C(C=O)[C@H]1C=O. The fourth-order valence-electron chi connectivity index (χ4n) is 2.65. The number of nitrogens with two attached hydrogens (primary N) is 1. The van der Waals surface area contributed by atoms with Gasteiger partial charge in [0.2, 0.25) is 0 Å². The van der Waals surface area contributed by atoms with Crippen LogP contribution in [0.5, 0.6) is 0 Å². The second kappa shape index (κ2) is 10.9. The van der Waals surface area contributed by atoms with Gasteiger partial charge in [0.25, 0.3) is 0 Å². The summed E-state index contributed by atoms with van der Waals surface area (Å²) in [5.74, 6) is -2.99. The van der Waals surface area contributed by atoms with Gasteiger partial charge in [0.1, 0.15) is 25.3 Å². The van der Waals surface area contributed by atoms with Crippen LogP contribution in [0.25, 0.3) is 0 Å². The minimum Gasteiger partial charge on any atom is -0.481 e. The van der Waals surface area contributed by atoms with Crippen molar-refractivity contribution in [2.75, 3.05) is 13.2 Å². The van der Waals surface area contributed by atoms with Gasteiger partial charge in [-0.1, -0.05) is 6.42 Å². The summed E-state index contributed by atoms with van der Waals surface area (Å²) in [4.78, 5) is 44.0. The van der Waals surface area contributed by atoms with Crippen LogP contribution < -0.4 is 5.73 Å². The molecule has 2 unspecified atom stereocenters. The normalized spacial score (nSPS) is 29.0. The molecule has 5 atom stereocenters. The average Bonchev–Trinajstić information content (AvgIpc) is 2.56. The largest absolute Gasteiger partial charge is 0.481 e. The summed E-state index contributed by atoms with van der Waals surface area (Å²) in [6, 6.07) is -0.819. The van der Waals surface area contributed by atoms with Crippen molar-refractivity contribution in [3.63, 3.8) is 0 Å². The molecule has 0 aromatic rings. The van der Waals surface area contributed by atoms with Crippen molar-refractivity contribution in [1.82, 2.24) is 0 Å². The molecule has 9 heteroatoms. The van der Waals surface area contributed by atoms with E-state index in [9.17, 15) is 19.2 Å². The third-order valence-corrected chi connectivity index (χ3v) is 4.02. The number of hydrogen-bond acceptors (Lipinski definition) is 8. The number of aldehydes is 2. The molecular weight excluding hydrogens is 334 g/mol. The summed E-state index contributed by atoms with van der Waals surface area (Å²) in [5.41, 5.74) is 5.97. The second-order valence-corrected chi connectivity index (χ2v) is 5.92. The monoisotopic (exact) mass is 359 g/mol. The van der Waals surface area contributed by atoms with E-state index in [1.54, 1.807) is 0 Å². The van der Waals surface area contributed by atoms with E-state index in [-0.39, 0.29) is 19.6 Å². The summed E-state index contributed by atoms with van der Waals surface area (Å²) in [6.45, 7) is 1.33. The van der Waals surface area contributed by atoms with Crippen molar-refractivity contribution < 1.29 is 38.5 Å². The van der Waals surface area contributed by atoms with E-state index in [4.69, 9.17) is 25.1 Å². The Kier molecular flexibility index (Phi) is 9.25. The Morgan fingerprint density at radius 1 is 1.16 bits per heavy atom. The van der Waals surface area contributed by atoms with E-state index >= 15 is 0 Å². The molecule has 25 heavy (non-hydrogen) atoms. The van der Waals surface area contributed by atoms with Crippen molar-refractivity contribution in [3.05, 3.63) is 0 Å². The molecule has 142 valence electrons. The zero-order valence-electron chi connectivity index (χ0n) is 14.2. The smallest absolute Gasteiger partial charge is 0.303 e. The van der Waals surface area contributed by atoms with Gasteiger partial charge in [-0.3, -0.25) is 9.59 Å². The Morgan fingerprint density at radius 3 is 2.40 bits per heavy atom. The Balaban J connectivity index is 2.56. The summed E-state index contributed by atoms with van der Waals surface area (Å²) in [5, 5.41) is 8.57. The number of ether oxygens (including phenoxy) is 3. The van der Waals surface area contributed by atoms with Crippen LogP contribution in [-0.4, -0.2) is 61.3 Å². The van der Waals surface area contributed by atoms with Crippen LogP contribution >= 0.6 is 0 Å². The zero-order chi connectivity index (χ0) is 18.8. The molecule has 1 heterocycles. The molecule has 0 amide bonds. The van der Waals surface area contributed by atoms with Crippen LogP contribution in [0, 0.1) is 11.8 Å².